The molecule has 1 aliphatic rings. The van der Waals surface area contributed by atoms with Crippen molar-refractivity contribution >= 4 is 11.6 Å². The van der Waals surface area contributed by atoms with Crippen molar-refractivity contribution in [1.82, 2.24) is 4.90 Å². The van der Waals surface area contributed by atoms with Gasteiger partial charge in [0.15, 0.2) is 11.6 Å². The van der Waals surface area contributed by atoms with Gasteiger partial charge in [0, 0.05) is 30.4 Å². The highest BCUT2D eigenvalue weighted by molar-refractivity contribution is 6.04. The fourth-order valence-electron chi connectivity index (χ4n) is 3.23. The number of anilines is 1. The molecule has 1 amide bonds. The molecule has 1 aliphatic heterocycles. The molecule has 1 atom stereocenters. The van der Waals surface area contributed by atoms with Crippen LogP contribution in [0.1, 0.15) is 35.7 Å². The van der Waals surface area contributed by atoms with Crippen LogP contribution >= 0.6 is 0 Å². The van der Waals surface area contributed by atoms with Gasteiger partial charge in [0.2, 0.25) is 0 Å². The van der Waals surface area contributed by atoms with Crippen molar-refractivity contribution in [2.45, 2.75) is 26.3 Å². The molecule has 1 saturated heterocycles. The molecule has 3 nitrogen and oxygen atoms in total. The minimum atomic E-state index is -0.982. The van der Waals surface area contributed by atoms with E-state index in [4.69, 9.17) is 0 Å². The minimum Gasteiger partial charge on any atom is -0.322 e. The molecule has 0 saturated carbocycles. The number of hydrogen-bond acceptors (Lipinski definition) is 2. The summed E-state index contributed by atoms with van der Waals surface area (Å²) < 4.78 is 26.1. The largest absolute Gasteiger partial charge is 0.322 e. The molecular formula is C20H22F2N2O. The number of nitrogens with zero attached hydrogens (tertiary/aromatic N) is 1. The molecule has 0 bridgehead atoms. The highest BCUT2D eigenvalue weighted by atomic mass is 19.2. The van der Waals surface area contributed by atoms with Crippen molar-refractivity contribution in [3.05, 3.63) is 65.2 Å². The molecule has 0 spiro atoms. The highest BCUT2D eigenvalue weighted by Crippen LogP contribution is 2.19. The standard InChI is InChI=1S/C20H22F2N2O/c1-14-3-2-10-24(12-14)13-15-4-6-16(7-5-15)20(25)23-17-8-9-18(21)19(22)11-17/h4-9,11,14H,2-3,10,12-13H2,1H3,(H,23,25). The third kappa shape index (κ3) is 4.63. The Morgan fingerprint density at radius 1 is 1.16 bits per heavy atom. The molecule has 2 aromatic carbocycles. The van der Waals surface area contributed by atoms with Crippen molar-refractivity contribution in [2.24, 2.45) is 5.92 Å². The van der Waals surface area contributed by atoms with Crippen LogP contribution in [0.4, 0.5) is 14.5 Å². The summed E-state index contributed by atoms with van der Waals surface area (Å²) in [6.45, 7) is 5.38. The summed E-state index contributed by atoms with van der Waals surface area (Å²) in [6, 6.07) is 10.7. The van der Waals surface area contributed by atoms with Crippen molar-refractivity contribution in [3.8, 4) is 0 Å². The Morgan fingerprint density at radius 2 is 1.92 bits per heavy atom. The summed E-state index contributed by atoms with van der Waals surface area (Å²) in [5.74, 6) is -1.53. The van der Waals surface area contributed by atoms with Gasteiger partial charge in [-0.15, -0.1) is 0 Å². The first-order chi connectivity index (χ1) is 12.0. The Bertz CT molecular complexity index is 746. The smallest absolute Gasteiger partial charge is 0.255 e. The molecule has 5 heteroatoms. The number of halogens is 2. The Labute approximate surface area is 146 Å². The Hall–Kier alpha value is -2.27. The number of benzene rings is 2. The monoisotopic (exact) mass is 344 g/mol. The van der Waals surface area contributed by atoms with Crippen LogP contribution in [0.25, 0.3) is 0 Å². The van der Waals surface area contributed by atoms with Crippen LogP contribution in [0.5, 0.6) is 0 Å². The van der Waals surface area contributed by atoms with Crippen LogP contribution in [0.2, 0.25) is 0 Å². The maximum Gasteiger partial charge on any atom is 0.255 e. The Balaban J connectivity index is 1.61. The number of carbonyl (C=O) groups is 1. The summed E-state index contributed by atoms with van der Waals surface area (Å²) in [5, 5.41) is 2.58. The van der Waals surface area contributed by atoms with Gasteiger partial charge >= 0.3 is 0 Å². The summed E-state index contributed by atoms with van der Waals surface area (Å²) in [6.07, 6.45) is 2.52. The van der Waals surface area contributed by atoms with Crippen LogP contribution in [-0.4, -0.2) is 23.9 Å². The third-order valence-corrected chi connectivity index (χ3v) is 4.54. The summed E-state index contributed by atoms with van der Waals surface area (Å²) in [7, 11) is 0. The lowest BCUT2D eigenvalue weighted by atomic mass is 9.99. The van der Waals surface area contributed by atoms with Crippen molar-refractivity contribution in [2.75, 3.05) is 18.4 Å². The number of piperidine rings is 1. The van der Waals surface area contributed by atoms with Gasteiger partial charge in [0.05, 0.1) is 0 Å². The molecule has 1 heterocycles. The molecule has 1 N–H and O–H groups in total. The van der Waals surface area contributed by atoms with Gasteiger partial charge in [-0.2, -0.15) is 0 Å². The van der Waals surface area contributed by atoms with Crippen LogP contribution < -0.4 is 5.32 Å². The molecule has 1 fully saturated rings. The van der Waals surface area contributed by atoms with Crippen molar-refractivity contribution in [3.63, 3.8) is 0 Å². The van der Waals surface area contributed by atoms with E-state index < -0.39 is 11.6 Å². The van der Waals surface area contributed by atoms with Gasteiger partial charge in [-0.3, -0.25) is 9.69 Å². The predicted molar refractivity (Wildman–Crippen MR) is 94.4 cm³/mol. The molecule has 132 valence electrons. The summed E-state index contributed by atoms with van der Waals surface area (Å²) >= 11 is 0. The van der Waals surface area contributed by atoms with Crippen LogP contribution in [-0.2, 0) is 6.54 Å². The first-order valence-corrected chi connectivity index (χ1v) is 8.59. The second-order valence-corrected chi connectivity index (χ2v) is 6.76. The van der Waals surface area contributed by atoms with Crippen LogP contribution in [0.15, 0.2) is 42.5 Å². The second kappa shape index (κ2) is 7.74. The quantitative estimate of drug-likeness (QED) is 0.889. The molecule has 0 radical (unpaired) electrons. The number of nitrogens with one attached hydrogen (secondary N) is 1. The van der Waals surface area contributed by atoms with Crippen LogP contribution in [0, 0.1) is 17.6 Å². The molecule has 1 unspecified atom stereocenters. The number of likely N-dealkylation sites (tertiary alicyclic amines) is 1. The summed E-state index contributed by atoms with van der Waals surface area (Å²) in [4.78, 5) is 14.7. The molecule has 3 rings (SSSR count). The Morgan fingerprint density at radius 3 is 2.60 bits per heavy atom. The van der Waals surface area contributed by atoms with Gasteiger partial charge < -0.3 is 5.32 Å². The lowest BCUT2D eigenvalue weighted by molar-refractivity contribution is 0.102. The van der Waals surface area contributed by atoms with Gasteiger partial charge in [0.25, 0.3) is 5.91 Å². The SMILES string of the molecule is CC1CCCN(Cc2ccc(C(=O)Nc3ccc(F)c(F)c3)cc2)C1. The fourth-order valence-corrected chi connectivity index (χ4v) is 3.23. The van der Waals surface area contributed by atoms with Crippen LogP contribution in [0.3, 0.4) is 0 Å². The number of rotatable bonds is 4. The first kappa shape index (κ1) is 17.5. The van der Waals surface area contributed by atoms with Gasteiger partial charge in [-0.25, -0.2) is 8.78 Å². The van der Waals surface area contributed by atoms with Gasteiger partial charge in [0.1, 0.15) is 0 Å². The average Bonchev–Trinajstić information content (AvgIpc) is 2.59. The van der Waals surface area contributed by atoms with E-state index in [1.54, 1.807) is 12.1 Å². The molecule has 0 aromatic heterocycles. The summed E-state index contributed by atoms with van der Waals surface area (Å²) in [5.41, 5.74) is 1.88. The van der Waals surface area contributed by atoms with Gasteiger partial charge in [-0.1, -0.05) is 19.1 Å². The average molecular weight is 344 g/mol. The number of amides is 1. The fraction of sp³-hybridized carbons (Fsp3) is 0.350. The zero-order chi connectivity index (χ0) is 17.8. The van der Waals surface area contributed by atoms with Crippen molar-refractivity contribution in [1.29, 1.82) is 0 Å². The normalized spacial score (nSPS) is 18.1. The second-order valence-electron chi connectivity index (χ2n) is 6.76. The van der Waals surface area contributed by atoms with E-state index in [0.29, 0.717) is 5.56 Å². The molecule has 0 aliphatic carbocycles. The van der Waals surface area contributed by atoms with E-state index in [9.17, 15) is 13.6 Å². The molecular weight excluding hydrogens is 322 g/mol. The molecule has 25 heavy (non-hydrogen) atoms. The van der Waals surface area contributed by atoms with E-state index in [-0.39, 0.29) is 11.6 Å². The van der Waals surface area contributed by atoms with Gasteiger partial charge in [-0.05, 0) is 55.1 Å². The zero-order valence-corrected chi connectivity index (χ0v) is 14.3. The lowest BCUT2D eigenvalue weighted by Crippen LogP contribution is -2.33. The first-order valence-electron chi connectivity index (χ1n) is 8.59. The number of hydrogen-bond donors (Lipinski definition) is 1. The zero-order valence-electron chi connectivity index (χ0n) is 14.3. The van der Waals surface area contributed by atoms with E-state index in [1.165, 1.54) is 24.5 Å². The predicted octanol–water partition coefficient (Wildman–Crippen LogP) is 4.45. The minimum absolute atomic E-state index is 0.232. The Kier molecular flexibility index (Phi) is 5.43. The van der Waals surface area contributed by atoms with E-state index in [2.05, 4.69) is 17.1 Å². The topological polar surface area (TPSA) is 32.3 Å². The molecule has 2 aromatic rings. The van der Waals surface area contributed by atoms with E-state index >= 15 is 0 Å². The number of carbonyl (C=O) groups excluding carboxylic acids is 1. The maximum absolute atomic E-state index is 13.2. The van der Waals surface area contributed by atoms with E-state index in [1.807, 2.05) is 12.1 Å². The maximum atomic E-state index is 13.2. The van der Waals surface area contributed by atoms with Crippen molar-refractivity contribution < 1.29 is 13.6 Å². The highest BCUT2D eigenvalue weighted by Gasteiger charge is 2.16. The van der Waals surface area contributed by atoms with E-state index in [0.717, 1.165) is 37.7 Å². The lowest BCUT2D eigenvalue weighted by Gasteiger charge is -2.30. The third-order valence-electron chi connectivity index (χ3n) is 4.54.